The van der Waals surface area contributed by atoms with Crippen LogP contribution in [0.2, 0.25) is 5.15 Å². The Bertz CT molecular complexity index is 433. The van der Waals surface area contributed by atoms with Gasteiger partial charge in [-0.15, -0.1) is 0 Å². The molecular formula is C9H10ClN3. The van der Waals surface area contributed by atoms with Crippen LogP contribution in [-0.2, 0) is 0 Å². The van der Waals surface area contributed by atoms with Gasteiger partial charge in [-0.25, -0.2) is 9.50 Å². The molecule has 2 aromatic rings. The topological polar surface area (TPSA) is 30.2 Å². The molecule has 0 aromatic carbocycles. The van der Waals surface area contributed by atoms with E-state index in [1.807, 2.05) is 12.3 Å². The number of fused-ring (bicyclic) bond motifs is 1. The lowest BCUT2D eigenvalue weighted by Gasteiger charge is -1.94. The summed E-state index contributed by atoms with van der Waals surface area (Å²) in [6.45, 7) is 4.20. The average Bonchev–Trinajstić information content (AvgIpc) is 2.46. The van der Waals surface area contributed by atoms with Crippen LogP contribution in [0.1, 0.15) is 25.5 Å². The standard InChI is InChI=1S/C9H10ClN3/c1-6(2)7-5-9-11-8(10)3-4-13(9)12-7/h3-6H,1-2H3. The molecule has 0 saturated carbocycles. The Morgan fingerprint density at radius 1 is 1.46 bits per heavy atom. The van der Waals surface area contributed by atoms with Crippen molar-refractivity contribution < 1.29 is 0 Å². The van der Waals surface area contributed by atoms with Crippen LogP contribution in [-0.4, -0.2) is 14.6 Å². The highest BCUT2D eigenvalue weighted by Crippen LogP contribution is 2.15. The molecule has 4 heteroatoms. The van der Waals surface area contributed by atoms with Gasteiger partial charge < -0.3 is 0 Å². The molecule has 13 heavy (non-hydrogen) atoms. The Morgan fingerprint density at radius 3 is 2.92 bits per heavy atom. The molecule has 0 aliphatic carbocycles. The van der Waals surface area contributed by atoms with Crippen molar-refractivity contribution in [3.63, 3.8) is 0 Å². The number of halogens is 1. The van der Waals surface area contributed by atoms with Gasteiger partial charge in [0.1, 0.15) is 5.15 Å². The lowest BCUT2D eigenvalue weighted by molar-refractivity contribution is 0.786. The first-order chi connectivity index (χ1) is 6.16. The Hall–Kier alpha value is -1.09. The third kappa shape index (κ3) is 1.52. The molecule has 0 bridgehead atoms. The number of hydrogen-bond donors (Lipinski definition) is 0. The van der Waals surface area contributed by atoms with Gasteiger partial charge in [0.05, 0.1) is 5.69 Å². The molecule has 0 spiro atoms. The second-order valence-corrected chi connectivity index (χ2v) is 3.66. The summed E-state index contributed by atoms with van der Waals surface area (Å²) < 4.78 is 1.74. The molecule has 0 N–H and O–H groups in total. The summed E-state index contributed by atoms with van der Waals surface area (Å²) >= 11 is 5.76. The zero-order valence-corrected chi connectivity index (χ0v) is 8.28. The van der Waals surface area contributed by atoms with E-state index in [2.05, 4.69) is 23.9 Å². The molecule has 0 radical (unpaired) electrons. The summed E-state index contributed by atoms with van der Waals surface area (Å²) in [6.07, 6.45) is 1.82. The molecule has 0 unspecified atom stereocenters. The molecule has 2 aromatic heterocycles. The van der Waals surface area contributed by atoms with Gasteiger partial charge in [-0.3, -0.25) is 0 Å². The minimum Gasteiger partial charge on any atom is -0.222 e. The molecule has 68 valence electrons. The zero-order chi connectivity index (χ0) is 9.42. The third-order valence-corrected chi connectivity index (χ3v) is 2.11. The van der Waals surface area contributed by atoms with Crippen molar-refractivity contribution >= 4 is 17.2 Å². The summed E-state index contributed by atoms with van der Waals surface area (Å²) in [4.78, 5) is 4.14. The van der Waals surface area contributed by atoms with Gasteiger partial charge in [-0.1, -0.05) is 25.4 Å². The van der Waals surface area contributed by atoms with E-state index in [0.717, 1.165) is 11.3 Å². The van der Waals surface area contributed by atoms with E-state index in [9.17, 15) is 0 Å². The summed E-state index contributed by atoms with van der Waals surface area (Å²) in [5, 5.41) is 4.85. The van der Waals surface area contributed by atoms with Gasteiger partial charge in [-0.05, 0) is 12.0 Å². The smallest absolute Gasteiger partial charge is 0.156 e. The van der Waals surface area contributed by atoms with E-state index in [4.69, 9.17) is 11.6 Å². The molecule has 0 saturated heterocycles. The maximum atomic E-state index is 5.76. The van der Waals surface area contributed by atoms with Gasteiger partial charge in [-0.2, -0.15) is 5.10 Å². The predicted octanol–water partition coefficient (Wildman–Crippen LogP) is 2.51. The SMILES string of the molecule is CC(C)c1cc2nc(Cl)ccn2n1. The molecular weight excluding hydrogens is 186 g/mol. The minimum absolute atomic E-state index is 0.417. The normalized spacial score (nSPS) is 11.4. The van der Waals surface area contributed by atoms with Gasteiger partial charge >= 0.3 is 0 Å². The van der Waals surface area contributed by atoms with Crippen LogP contribution in [0.4, 0.5) is 0 Å². The Balaban J connectivity index is 2.62. The van der Waals surface area contributed by atoms with E-state index >= 15 is 0 Å². The number of hydrogen-bond acceptors (Lipinski definition) is 2. The quantitative estimate of drug-likeness (QED) is 0.655. The number of rotatable bonds is 1. The zero-order valence-electron chi connectivity index (χ0n) is 7.53. The van der Waals surface area contributed by atoms with E-state index < -0.39 is 0 Å². The maximum absolute atomic E-state index is 5.76. The third-order valence-electron chi connectivity index (χ3n) is 1.90. The van der Waals surface area contributed by atoms with Crippen molar-refractivity contribution in [2.24, 2.45) is 0 Å². The van der Waals surface area contributed by atoms with Crippen LogP contribution in [0.15, 0.2) is 18.3 Å². The van der Waals surface area contributed by atoms with Crippen LogP contribution in [0.3, 0.4) is 0 Å². The van der Waals surface area contributed by atoms with Gasteiger partial charge in [0, 0.05) is 12.3 Å². The second-order valence-electron chi connectivity index (χ2n) is 3.28. The van der Waals surface area contributed by atoms with Crippen LogP contribution in [0.5, 0.6) is 0 Å². The molecule has 0 aliphatic heterocycles. The van der Waals surface area contributed by atoms with Crippen molar-refractivity contribution in [2.45, 2.75) is 19.8 Å². The van der Waals surface area contributed by atoms with Crippen molar-refractivity contribution in [3.8, 4) is 0 Å². The highest BCUT2D eigenvalue weighted by molar-refractivity contribution is 6.29. The fourth-order valence-corrected chi connectivity index (χ4v) is 1.30. The molecule has 0 atom stereocenters. The van der Waals surface area contributed by atoms with E-state index in [1.54, 1.807) is 10.6 Å². The van der Waals surface area contributed by atoms with E-state index in [-0.39, 0.29) is 0 Å². The first kappa shape index (κ1) is 8.51. The second kappa shape index (κ2) is 3.00. The monoisotopic (exact) mass is 195 g/mol. The van der Waals surface area contributed by atoms with Crippen molar-refractivity contribution in [1.82, 2.24) is 14.6 Å². The largest absolute Gasteiger partial charge is 0.222 e. The van der Waals surface area contributed by atoms with Gasteiger partial charge in [0.25, 0.3) is 0 Å². The molecule has 2 rings (SSSR count). The molecule has 0 fully saturated rings. The van der Waals surface area contributed by atoms with E-state index in [0.29, 0.717) is 11.1 Å². The van der Waals surface area contributed by atoms with Crippen LogP contribution >= 0.6 is 11.6 Å². The van der Waals surface area contributed by atoms with Gasteiger partial charge in [0.2, 0.25) is 0 Å². The molecule has 2 heterocycles. The van der Waals surface area contributed by atoms with Crippen molar-refractivity contribution in [1.29, 1.82) is 0 Å². The Kier molecular flexibility index (Phi) is 1.96. The highest BCUT2D eigenvalue weighted by atomic mass is 35.5. The number of aromatic nitrogens is 3. The van der Waals surface area contributed by atoms with Crippen LogP contribution in [0, 0.1) is 0 Å². The summed E-state index contributed by atoms with van der Waals surface area (Å²) in [5.41, 5.74) is 1.84. The summed E-state index contributed by atoms with van der Waals surface area (Å²) in [7, 11) is 0. The molecule has 0 aliphatic rings. The Labute approximate surface area is 81.4 Å². The highest BCUT2D eigenvalue weighted by Gasteiger charge is 2.05. The first-order valence-corrected chi connectivity index (χ1v) is 4.56. The van der Waals surface area contributed by atoms with Crippen LogP contribution in [0.25, 0.3) is 5.65 Å². The van der Waals surface area contributed by atoms with Crippen molar-refractivity contribution in [3.05, 3.63) is 29.2 Å². The minimum atomic E-state index is 0.417. The maximum Gasteiger partial charge on any atom is 0.156 e. The van der Waals surface area contributed by atoms with Crippen LogP contribution < -0.4 is 0 Å². The fraction of sp³-hybridized carbons (Fsp3) is 0.333. The summed E-state index contributed by atoms with van der Waals surface area (Å²) in [6, 6.07) is 3.68. The molecule has 0 amide bonds. The number of nitrogens with zero attached hydrogens (tertiary/aromatic N) is 3. The Morgan fingerprint density at radius 2 is 2.23 bits per heavy atom. The predicted molar refractivity (Wildman–Crippen MR) is 52.1 cm³/mol. The first-order valence-electron chi connectivity index (χ1n) is 4.18. The van der Waals surface area contributed by atoms with Gasteiger partial charge in [0.15, 0.2) is 5.65 Å². The fourth-order valence-electron chi connectivity index (χ4n) is 1.16. The van der Waals surface area contributed by atoms with Crippen molar-refractivity contribution in [2.75, 3.05) is 0 Å². The van der Waals surface area contributed by atoms with E-state index in [1.165, 1.54) is 0 Å². The molecule has 3 nitrogen and oxygen atoms in total. The lowest BCUT2D eigenvalue weighted by atomic mass is 10.1. The lowest BCUT2D eigenvalue weighted by Crippen LogP contribution is -1.91. The average molecular weight is 196 g/mol. The summed E-state index contributed by atoms with van der Waals surface area (Å²) in [5.74, 6) is 0.417.